The Morgan fingerprint density at radius 2 is 2.06 bits per heavy atom. The molecule has 1 aromatic rings. The summed E-state index contributed by atoms with van der Waals surface area (Å²) in [6.45, 7) is 5.34. The van der Waals surface area contributed by atoms with Gasteiger partial charge in [0, 0.05) is 7.05 Å². The first-order chi connectivity index (χ1) is 8.42. The van der Waals surface area contributed by atoms with E-state index in [1.807, 2.05) is 6.26 Å². The average Bonchev–Trinajstić information content (AvgIpc) is 2.35. The quantitative estimate of drug-likeness (QED) is 0.658. The number of hydrogen-bond donors (Lipinski definition) is 1. The number of hydrogen-bond acceptors (Lipinski definition) is 5. The second kappa shape index (κ2) is 6.15. The minimum Gasteiger partial charge on any atom is -0.394 e. The number of aromatic nitrogens is 2. The predicted molar refractivity (Wildman–Crippen MR) is 71.9 cm³/mol. The lowest BCUT2D eigenvalue weighted by Crippen LogP contribution is -2.38. The van der Waals surface area contributed by atoms with Crippen LogP contribution in [0.1, 0.15) is 28.8 Å². The fourth-order valence-corrected chi connectivity index (χ4v) is 2.24. The second-order valence-electron chi connectivity index (χ2n) is 4.19. The Kier molecular flexibility index (Phi) is 5.10. The number of aliphatic hydroxyl groups excluding tert-OH is 1. The van der Waals surface area contributed by atoms with Gasteiger partial charge in [-0.3, -0.25) is 4.79 Å². The topological polar surface area (TPSA) is 66.3 Å². The molecule has 6 heteroatoms. The van der Waals surface area contributed by atoms with Gasteiger partial charge in [0.2, 0.25) is 0 Å². The van der Waals surface area contributed by atoms with Gasteiger partial charge >= 0.3 is 0 Å². The highest BCUT2D eigenvalue weighted by Gasteiger charge is 2.23. The van der Waals surface area contributed by atoms with Crippen LogP contribution in [0, 0.1) is 13.8 Å². The lowest BCUT2D eigenvalue weighted by atomic mass is 10.2. The monoisotopic (exact) mass is 269 g/mol. The molecule has 0 aliphatic carbocycles. The van der Waals surface area contributed by atoms with Crippen LogP contribution in [0.15, 0.2) is 5.03 Å². The number of rotatable bonds is 4. The second-order valence-corrected chi connectivity index (χ2v) is 4.98. The van der Waals surface area contributed by atoms with Crippen LogP contribution in [0.5, 0.6) is 0 Å². The fourth-order valence-electron chi connectivity index (χ4n) is 1.57. The summed E-state index contributed by atoms with van der Waals surface area (Å²) in [5.41, 5.74) is 1.20. The van der Waals surface area contributed by atoms with Crippen molar-refractivity contribution in [2.75, 3.05) is 19.9 Å². The summed E-state index contributed by atoms with van der Waals surface area (Å²) in [5, 5.41) is 9.79. The van der Waals surface area contributed by atoms with Gasteiger partial charge < -0.3 is 10.0 Å². The molecule has 0 saturated heterocycles. The molecule has 0 aliphatic heterocycles. The molecule has 1 amide bonds. The summed E-state index contributed by atoms with van der Waals surface area (Å²) in [5.74, 6) is 0.504. The number of aliphatic hydroxyl groups is 1. The van der Waals surface area contributed by atoms with Crippen molar-refractivity contribution in [3.63, 3.8) is 0 Å². The van der Waals surface area contributed by atoms with Gasteiger partial charge in [-0.2, -0.15) is 0 Å². The van der Waals surface area contributed by atoms with Crippen LogP contribution in [0.3, 0.4) is 0 Å². The summed E-state index contributed by atoms with van der Waals surface area (Å²) >= 11 is 1.43. The van der Waals surface area contributed by atoms with E-state index >= 15 is 0 Å². The minimum absolute atomic E-state index is 0.0669. The van der Waals surface area contributed by atoms with Crippen molar-refractivity contribution in [2.45, 2.75) is 31.8 Å². The zero-order chi connectivity index (χ0) is 13.9. The smallest absolute Gasteiger partial charge is 0.258 e. The highest BCUT2D eigenvalue weighted by atomic mass is 32.2. The molecule has 1 aromatic heterocycles. The first-order valence-electron chi connectivity index (χ1n) is 5.69. The normalized spacial score (nSPS) is 12.3. The number of nitrogens with zero attached hydrogens (tertiary/aromatic N) is 3. The molecule has 18 heavy (non-hydrogen) atoms. The molecule has 100 valence electrons. The summed E-state index contributed by atoms with van der Waals surface area (Å²) in [4.78, 5) is 22.4. The molecule has 0 fully saturated rings. The number of thioether (sulfide) groups is 1. The molecule has 1 rings (SSSR count). The standard InChI is InChI=1S/C12H19N3O2S/c1-7(6-16)15(4)12(17)10-8(2)13-9(3)14-11(10)18-5/h7,16H,6H2,1-5H3. The molecule has 1 N–H and O–H groups in total. The maximum Gasteiger partial charge on any atom is 0.258 e. The summed E-state index contributed by atoms with van der Waals surface area (Å²) in [6, 6.07) is -0.229. The molecule has 5 nitrogen and oxygen atoms in total. The van der Waals surface area contributed by atoms with Crippen molar-refractivity contribution < 1.29 is 9.90 Å². The van der Waals surface area contributed by atoms with Crippen LogP contribution in [0.25, 0.3) is 0 Å². The number of amides is 1. The van der Waals surface area contributed by atoms with E-state index in [1.165, 1.54) is 16.7 Å². The van der Waals surface area contributed by atoms with E-state index in [-0.39, 0.29) is 18.6 Å². The maximum absolute atomic E-state index is 12.4. The highest BCUT2D eigenvalue weighted by molar-refractivity contribution is 7.98. The molecule has 1 atom stereocenters. The van der Waals surface area contributed by atoms with Crippen LogP contribution >= 0.6 is 11.8 Å². The van der Waals surface area contributed by atoms with Crippen LogP contribution in [-0.2, 0) is 0 Å². The zero-order valence-corrected chi connectivity index (χ0v) is 12.2. The van der Waals surface area contributed by atoms with Crippen molar-refractivity contribution in [3.8, 4) is 0 Å². The first kappa shape index (κ1) is 14.9. The average molecular weight is 269 g/mol. The van der Waals surface area contributed by atoms with Crippen LogP contribution in [-0.4, -0.2) is 51.8 Å². The van der Waals surface area contributed by atoms with Gasteiger partial charge in [0.15, 0.2) is 0 Å². The molecule has 0 bridgehead atoms. The summed E-state index contributed by atoms with van der Waals surface area (Å²) in [6.07, 6.45) is 1.88. The van der Waals surface area contributed by atoms with Gasteiger partial charge in [-0.25, -0.2) is 9.97 Å². The van der Waals surface area contributed by atoms with E-state index in [0.29, 0.717) is 22.1 Å². The number of carbonyl (C=O) groups is 1. The summed E-state index contributed by atoms with van der Waals surface area (Å²) < 4.78 is 0. The number of likely N-dealkylation sites (N-methyl/N-ethyl adjacent to an activating group) is 1. The van der Waals surface area contributed by atoms with Crippen molar-refractivity contribution >= 4 is 17.7 Å². The molecule has 0 radical (unpaired) electrons. The lowest BCUT2D eigenvalue weighted by molar-refractivity contribution is 0.0676. The van der Waals surface area contributed by atoms with Gasteiger partial charge in [-0.05, 0) is 27.0 Å². The van der Waals surface area contributed by atoms with Gasteiger partial charge in [0.05, 0.1) is 23.9 Å². The lowest BCUT2D eigenvalue weighted by Gasteiger charge is -2.24. The fraction of sp³-hybridized carbons (Fsp3) is 0.583. The maximum atomic E-state index is 12.4. The molecule has 0 saturated carbocycles. The van der Waals surface area contributed by atoms with Crippen molar-refractivity contribution in [3.05, 3.63) is 17.1 Å². The Balaban J connectivity index is 3.20. The van der Waals surface area contributed by atoms with Crippen molar-refractivity contribution in [1.82, 2.24) is 14.9 Å². The first-order valence-corrected chi connectivity index (χ1v) is 6.92. The molecular formula is C12H19N3O2S. The third-order valence-corrected chi connectivity index (χ3v) is 3.50. The number of carbonyl (C=O) groups excluding carboxylic acids is 1. The van der Waals surface area contributed by atoms with E-state index in [9.17, 15) is 4.79 Å². The molecule has 0 aromatic carbocycles. The van der Waals surface area contributed by atoms with E-state index in [4.69, 9.17) is 5.11 Å². The third kappa shape index (κ3) is 3.00. The Morgan fingerprint density at radius 3 is 2.56 bits per heavy atom. The van der Waals surface area contributed by atoms with Crippen LogP contribution < -0.4 is 0 Å². The Bertz CT molecular complexity index is 451. The Morgan fingerprint density at radius 1 is 1.44 bits per heavy atom. The van der Waals surface area contributed by atoms with E-state index in [0.717, 1.165) is 0 Å². The molecule has 1 heterocycles. The van der Waals surface area contributed by atoms with Gasteiger partial charge in [-0.15, -0.1) is 11.8 Å². The largest absolute Gasteiger partial charge is 0.394 e. The molecule has 0 spiro atoms. The zero-order valence-electron chi connectivity index (χ0n) is 11.4. The third-order valence-electron chi connectivity index (χ3n) is 2.82. The molecule has 1 unspecified atom stereocenters. The molecule has 0 aliphatic rings. The SMILES string of the molecule is CSc1nc(C)nc(C)c1C(=O)N(C)C(C)CO. The van der Waals surface area contributed by atoms with Crippen LogP contribution in [0.2, 0.25) is 0 Å². The Labute approximate surface area is 112 Å². The highest BCUT2D eigenvalue weighted by Crippen LogP contribution is 2.22. The van der Waals surface area contributed by atoms with E-state index in [2.05, 4.69) is 9.97 Å². The van der Waals surface area contributed by atoms with E-state index < -0.39 is 0 Å². The summed E-state index contributed by atoms with van der Waals surface area (Å²) in [7, 11) is 1.67. The van der Waals surface area contributed by atoms with Crippen molar-refractivity contribution in [2.24, 2.45) is 0 Å². The molecular weight excluding hydrogens is 250 g/mol. The Hall–Kier alpha value is -1.14. The number of aryl methyl sites for hydroxylation is 2. The van der Waals surface area contributed by atoms with Crippen LogP contribution in [0.4, 0.5) is 0 Å². The van der Waals surface area contributed by atoms with Gasteiger partial charge in [0.1, 0.15) is 10.9 Å². The predicted octanol–water partition coefficient (Wildman–Crippen LogP) is 1.27. The minimum atomic E-state index is -0.229. The van der Waals surface area contributed by atoms with Crippen molar-refractivity contribution in [1.29, 1.82) is 0 Å². The van der Waals surface area contributed by atoms with E-state index in [1.54, 1.807) is 27.8 Å². The van der Waals surface area contributed by atoms with Gasteiger partial charge in [0.25, 0.3) is 5.91 Å². The van der Waals surface area contributed by atoms with Gasteiger partial charge in [-0.1, -0.05) is 0 Å².